The highest BCUT2D eigenvalue weighted by Gasteiger charge is 2.49. The molecule has 1 aromatic carbocycles. The molecule has 3 aromatic rings. The van der Waals surface area contributed by atoms with Gasteiger partial charge in [0.2, 0.25) is 0 Å². The zero-order valence-corrected chi connectivity index (χ0v) is 26.3. The van der Waals surface area contributed by atoms with Crippen molar-refractivity contribution in [2.24, 2.45) is 13.0 Å². The van der Waals surface area contributed by atoms with Crippen LogP contribution in [0.2, 0.25) is 0 Å². The number of pyridine rings is 1. The number of rotatable bonds is 8. The number of aryl methyl sites for hydroxylation is 1. The summed E-state index contributed by atoms with van der Waals surface area (Å²) in [7, 11) is 1.93. The molecule has 8 nitrogen and oxygen atoms in total. The van der Waals surface area contributed by atoms with Crippen LogP contribution in [0.5, 0.6) is 0 Å². The fourth-order valence-corrected chi connectivity index (χ4v) is 8.06. The van der Waals surface area contributed by atoms with E-state index in [0.717, 1.165) is 69.2 Å². The molecule has 1 aliphatic heterocycles. The second-order valence-electron chi connectivity index (χ2n) is 14.3. The number of amides is 1. The Balaban J connectivity index is 1.28. The second kappa shape index (κ2) is 11.1. The van der Waals surface area contributed by atoms with Crippen molar-refractivity contribution in [2.75, 3.05) is 10.2 Å². The number of nitrogens with zero attached hydrogens (tertiary/aromatic N) is 5. The summed E-state index contributed by atoms with van der Waals surface area (Å²) in [5.41, 5.74) is 0.307. The summed E-state index contributed by atoms with van der Waals surface area (Å²) < 4.78 is 45.3. The Morgan fingerprint density at radius 1 is 1.04 bits per heavy atom. The molecule has 3 heterocycles. The summed E-state index contributed by atoms with van der Waals surface area (Å²) in [6, 6.07) is 7.06. The van der Waals surface area contributed by atoms with E-state index in [-0.39, 0.29) is 35.8 Å². The smallest absolute Gasteiger partial charge is 0.367 e. The largest absolute Gasteiger partial charge is 0.416 e. The van der Waals surface area contributed by atoms with E-state index < -0.39 is 23.1 Å². The zero-order valence-electron chi connectivity index (χ0n) is 26.3. The number of carbonyl (C=O) groups is 1. The summed E-state index contributed by atoms with van der Waals surface area (Å²) in [4.78, 5) is 20.3. The molecule has 240 valence electrons. The third-order valence-corrected chi connectivity index (χ3v) is 10.7. The Morgan fingerprint density at radius 3 is 2.42 bits per heavy atom. The van der Waals surface area contributed by atoms with Crippen molar-refractivity contribution in [3.8, 4) is 0 Å². The van der Waals surface area contributed by atoms with Gasteiger partial charge in [-0.1, -0.05) is 26.2 Å². The van der Waals surface area contributed by atoms with Crippen LogP contribution in [0.25, 0.3) is 0 Å². The predicted molar refractivity (Wildman–Crippen MR) is 166 cm³/mol. The SMILES string of the molecule is Cn1cnnc1[C@]1(c2cc(NC3CCCCC3)nc(N3Cc4c(cc(CNC5(C)CCC5)cc4C(F)(F)F)C3=O)c2)C[C@@H](C)C1. The molecular formula is C34H42F3N7O. The molecule has 7 rings (SSSR count). The number of alkyl halides is 3. The van der Waals surface area contributed by atoms with Gasteiger partial charge < -0.3 is 15.2 Å². The molecule has 0 radical (unpaired) electrons. The molecule has 3 saturated carbocycles. The lowest BCUT2D eigenvalue weighted by molar-refractivity contribution is -0.138. The van der Waals surface area contributed by atoms with Crippen LogP contribution in [-0.2, 0) is 31.7 Å². The lowest BCUT2D eigenvalue weighted by Crippen LogP contribution is -2.47. The molecular weight excluding hydrogens is 579 g/mol. The topological polar surface area (TPSA) is 88.0 Å². The van der Waals surface area contributed by atoms with Gasteiger partial charge in [-0.05, 0) is 98.7 Å². The Hall–Kier alpha value is -3.47. The molecule has 0 bridgehead atoms. The van der Waals surface area contributed by atoms with Gasteiger partial charge >= 0.3 is 6.18 Å². The molecule has 0 spiro atoms. The monoisotopic (exact) mass is 621 g/mol. The van der Waals surface area contributed by atoms with Crippen molar-refractivity contribution in [1.82, 2.24) is 25.1 Å². The minimum absolute atomic E-state index is 0.0142. The highest BCUT2D eigenvalue weighted by molar-refractivity contribution is 6.10. The van der Waals surface area contributed by atoms with E-state index >= 15 is 0 Å². The van der Waals surface area contributed by atoms with Gasteiger partial charge in [-0.15, -0.1) is 10.2 Å². The van der Waals surface area contributed by atoms with E-state index in [4.69, 9.17) is 4.98 Å². The number of hydrogen-bond acceptors (Lipinski definition) is 6. The molecule has 0 unspecified atom stereocenters. The molecule has 2 aromatic heterocycles. The number of benzene rings is 1. The molecule has 11 heteroatoms. The van der Waals surface area contributed by atoms with Crippen molar-refractivity contribution in [3.05, 3.63) is 64.2 Å². The van der Waals surface area contributed by atoms with Crippen molar-refractivity contribution < 1.29 is 18.0 Å². The molecule has 1 amide bonds. The van der Waals surface area contributed by atoms with E-state index in [2.05, 4.69) is 40.7 Å². The van der Waals surface area contributed by atoms with Crippen molar-refractivity contribution >= 4 is 17.5 Å². The normalized spacial score (nSPS) is 24.7. The minimum atomic E-state index is -4.59. The Kier molecular flexibility index (Phi) is 7.45. The van der Waals surface area contributed by atoms with Gasteiger partial charge in [-0.25, -0.2) is 4.98 Å². The summed E-state index contributed by atoms with van der Waals surface area (Å²) in [5.74, 6) is 1.87. The highest BCUT2D eigenvalue weighted by atomic mass is 19.4. The van der Waals surface area contributed by atoms with Gasteiger partial charge in [-0.2, -0.15) is 13.2 Å². The molecule has 0 saturated heterocycles. The summed E-state index contributed by atoms with van der Waals surface area (Å²) in [6.07, 6.45) is 7.46. The molecule has 3 fully saturated rings. The zero-order chi connectivity index (χ0) is 31.6. The number of anilines is 2. The van der Waals surface area contributed by atoms with Crippen LogP contribution in [0.4, 0.5) is 24.8 Å². The number of nitrogens with one attached hydrogen (secondary N) is 2. The number of hydrogen-bond donors (Lipinski definition) is 2. The fourth-order valence-electron chi connectivity index (χ4n) is 8.06. The van der Waals surface area contributed by atoms with E-state index in [1.165, 1.54) is 17.4 Å². The maximum absolute atomic E-state index is 14.5. The van der Waals surface area contributed by atoms with Crippen LogP contribution in [0.3, 0.4) is 0 Å². The van der Waals surface area contributed by atoms with Crippen LogP contribution in [0, 0.1) is 5.92 Å². The summed E-state index contributed by atoms with van der Waals surface area (Å²) in [5, 5.41) is 15.7. The number of aromatic nitrogens is 4. The molecule has 4 aliphatic rings. The molecule has 3 aliphatic carbocycles. The Morgan fingerprint density at radius 2 is 1.80 bits per heavy atom. The van der Waals surface area contributed by atoms with Gasteiger partial charge in [0.05, 0.1) is 17.5 Å². The number of halogens is 3. The lowest BCUT2D eigenvalue weighted by atomic mass is 9.58. The maximum atomic E-state index is 14.5. The third-order valence-electron chi connectivity index (χ3n) is 10.7. The average molecular weight is 622 g/mol. The Labute approximate surface area is 262 Å². The Bertz CT molecular complexity index is 1600. The van der Waals surface area contributed by atoms with E-state index in [1.54, 1.807) is 12.4 Å². The van der Waals surface area contributed by atoms with Crippen molar-refractivity contribution in [2.45, 2.75) is 114 Å². The number of fused-ring (bicyclic) bond motifs is 1. The molecule has 2 N–H and O–H groups in total. The first-order chi connectivity index (χ1) is 21.4. The van der Waals surface area contributed by atoms with Crippen LogP contribution in [0.1, 0.15) is 116 Å². The van der Waals surface area contributed by atoms with Crippen molar-refractivity contribution in [3.63, 3.8) is 0 Å². The number of carbonyl (C=O) groups excluding carboxylic acids is 1. The first-order valence-corrected chi connectivity index (χ1v) is 16.4. The second-order valence-corrected chi connectivity index (χ2v) is 14.3. The first-order valence-electron chi connectivity index (χ1n) is 16.4. The van der Waals surface area contributed by atoms with Crippen LogP contribution in [0.15, 0.2) is 30.6 Å². The summed E-state index contributed by atoms with van der Waals surface area (Å²) in [6.45, 7) is 4.40. The highest BCUT2D eigenvalue weighted by Crippen LogP contribution is 2.52. The standard InChI is InChI=1S/C34H42F3N7O/c1-21-16-33(17-21,31-42-39-20-43(31)3)23-14-28(40-24-8-5-4-6-9-24)41-29(15-23)44-19-26-25(30(44)45)12-22(13-27(26)34(35,36)37)18-38-32(2)10-7-11-32/h12-15,20-21,24,38H,4-11,16-19H2,1-3H3,(H,40,41)/t21-,33-. The van der Waals surface area contributed by atoms with Gasteiger partial charge in [-0.3, -0.25) is 9.69 Å². The summed E-state index contributed by atoms with van der Waals surface area (Å²) >= 11 is 0. The predicted octanol–water partition coefficient (Wildman–Crippen LogP) is 6.88. The van der Waals surface area contributed by atoms with Gasteiger partial charge in [0.15, 0.2) is 0 Å². The lowest BCUT2D eigenvalue weighted by Gasteiger charge is -2.46. The van der Waals surface area contributed by atoms with Gasteiger partial charge in [0.1, 0.15) is 23.8 Å². The van der Waals surface area contributed by atoms with Crippen molar-refractivity contribution in [1.29, 1.82) is 0 Å². The molecule has 0 atom stereocenters. The van der Waals surface area contributed by atoms with E-state index in [1.807, 2.05) is 17.7 Å². The van der Waals surface area contributed by atoms with Gasteiger partial charge in [0, 0.05) is 30.7 Å². The van der Waals surface area contributed by atoms with Crippen LogP contribution < -0.4 is 15.5 Å². The molecule has 45 heavy (non-hydrogen) atoms. The van der Waals surface area contributed by atoms with Crippen LogP contribution in [-0.4, -0.2) is 37.2 Å². The van der Waals surface area contributed by atoms with Crippen LogP contribution >= 0.6 is 0 Å². The maximum Gasteiger partial charge on any atom is 0.416 e. The average Bonchev–Trinajstić information content (AvgIpc) is 3.55. The first kappa shape index (κ1) is 30.2. The third kappa shape index (κ3) is 5.51. The quantitative estimate of drug-likeness (QED) is 0.285. The van der Waals surface area contributed by atoms with Gasteiger partial charge in [0.25, 0.3) is 5.91 Å². The fraction of sp³-hybridized carbons (Fsp3) is 0.588. The minimum Gasteiger partial charge on any atom is -0.367 e. The van der Waals surface area contributed by atoms with E-state index in [0.29, 0.717) is 23.1 Å². The van der Waals surface area contributed by atoms with E-state index in [9.17, 15) is 18.0 Å².